The number of carbonyl (C=O) groups is 1. The molecule has 186 valence electrons. The van der Waals surface area contributed by atoms with Crippen molar-refractivity contribution >= 4 is 17.6 Å². The Morgan fingerprint density at radius 2 is 2.17 bits per heavy atom. The number of piperidine rings is 1. The molecule has 1 saturated heterocycles. The van der Waals surface area contributed by atoms with Crippen LogP contribution in [0.25, 0.3) is 21.6 Å². The van der Waals surface area contributed by atoms with Gasteiger partial charge in [0.05, 0.1) is 16.0 Å². The number of rotatable bonds is 5. The highest BCUT2D eigenvalue weighted by Crippen LogP contribution is 2.44. The lowest BCUT2D eigenvalue weighted by Gasteiger charge is -2.34. The molecule has 2 heterocycles. The lowest BCUT2D eigenvalue weighted by molar-refractivity contribution is 0.0446. The number of hydrogen-bond donors (Lipinski definition) is 1. The molecule has 1 saturated carbocycles. The standard InChI is InChI=1S/C28H29FN4O2S/c1-27(2,3)35-26(34)32-28-11-9-21(14-28)33(17-28)16-20-5-4-6-22(25(20)24-10-12-31-36-24)18-7-8-19(15-30)23(29)13-18/h4-8,10,12-13,21H,9,11,14,16-17H2,1-3H3,(H,32,34)/t21-,28-/m0/s1. The number of nitrogens with zero attached hydrogens (tertiary/aromatic N) is 3. The molecule has 6 nitrogen and oxygen atoms in total. The number of nitriles is 1. The predicted octanol–water partition coefficient (Wildman–Crippen LogP) is 6.12. The minimum Gasteiger partial charge on any atom is -0.444 e. The van der Waals surface area contributed by atoms with Gasteiger partial charge in [-0.25, -0.2) is 13.6 Å². The smallest absolute Gasteiger partial charge is 0.408 e. The molecule has 0 radical (unpaired) electrons. The molecule has 1 aliphatic heterocycles. The third kappa shape index (κ3) is 4.86. The van der Waals surface area contributed by atoms with E-state index in [9.17, 15) is 9.18 Å². The van der Waals surface area contributed by atoms with Gasteiger partial charge in [-0.05, 0) is 86.5 Å². The van der Waals surface area contributed by atoms with Crippen molar-refractivity contribution in [2.75, 3.05) is 6.54 Å². The van der Waals surface area contributed by atoms with Crippen molar-refractivity contribution in [2.45, 2.75) is 63.8 Å². The van der Waals surface area contributed by atoms with Crippen LogP contribution in [-0.4, -0.2) is 39.1 Å². The van der Waals surface area contributed by atoms with Crippen molar-refractivity contribution in [2.24, 2.45) is 0 Å². The average Bonchev–Trinajstić information content (AvgIpc) is 3.54. The van der Waals surface area contributed by atoms with E-state index < -0.39 is 11.4 Å². The summed E-state index contributed by atoms with van der Waals surface area (Å²) in [5.74, 6) is -0.525. The molecule has 2 fully saturated rings. The van der Waals surface area contributed by atoms with Crippen molar-refractivity contribution in [3.8, 4) is 27.6 Å². The zero-order valence-corrected chi connectivity index (χ0v) is 21.5. The predicted molar refractivity (Wildman–Crippen MR) is 138 cm³/mol. The largest absolute Gasteiger partial charge is 0.444 e. The maximum atomic E-state index is 14.5. The minimum atomic E-state index is -0.536. The van der Waals surface area contributed by atoms with Crippen LogP contribution in [0.15, 0.2) is 48.7 Å². The summed E-state index contributed by atoms with van der Waals surface area (Å²) in [6, 6.07) is 15.1. The maximum Gasteiger partial charge on any atom is 0.408 e. The fourth-order valence-corrected chi connectivity index (χ4v) is 6.22. The molecule has 5 rings (SSSR count). The molecule has 1 amide bonds. The summed E-state index contributed by atoms with van der Waals surface area (Å²) in [5.41, 5.74) is 3.01. The number of ether oxygens (including phenoxy) is 1. The number of hydrogen-bond acceptors (Lipinski definition) is 6. The van der Waals surface area contributed by atoms with Crippen LogP contribution in [0, 0.1) is 17.1 Å². The van der Waals surface area contributed by atoms with E-state index in [1.54, 1.807) is 12.3 Å². The van der Waals surface area contributed by atoms with Gasteiger partial charge in [-0.15, -0.1) is 0 Å². The summed E-state index contributed by atoms with van der Waals surface area (Å²) in [5, 5.41) is 12.3. The van der Waals surface area contributed by atoms with Gasteiger partial charge in [0.15, 0.2) is 0 Å². The Kier molecular flexibility index (Phi) is 6.31. The quantitative estimate of drug-likeness (QED) is 0.453. The van der Waals surface area contributed by atoms with Gasteiger partial charge in [-0.3, -0.25) is 4.90 Å². The minimum absolute atomic E-state index is 0.0325. The van der Waals surface area contributed by atoms with Crippen molar-refractivity contribution < 1.29 is 13.9 Å². The number of nitrogens with one attached hydrogen (secondary N) is 1. The number of alkyl carbamates (subject to hydrolysis) is 1. The first kappa shape index (κ1) is 24.4. The Hall–Kier alpha value is -3.28. The molecule has 2 aliphatic rings. The third-order valence-corrected chi connectivity index (χ3v) is 7.74. The molecule has 1 aromatic heterocycles. The molecule has 1 aliphatic carbocycles. The van der Waals surface area contributed by atoms with E-state index in [1.807, 2.05) is 45.0 Å². The van der Waals surface area contributed by atoms with Crippen molar-refractivity contribution in [3.63, 3.8) is 0 Å². The molecular formula is C28H29FN4O2S. The Morgan fingerprint density at radius 1 is 1.33 bits per heavy atom. The Bertz CT molecular complexity index is 1330. The van der Waals surface area contributed by atoms with Gasteiger partial charge in [-0.1, -0.05) is 24.3 Å². The molecule has 8 heteroatoms. The molecule has 0 unspecified atom stereocenters. The van der Waals surface area contributed by atoms with Crippen LogP contribution in [0.1, 0.15) is 51.2 Å². The zero-order chi connectivity index (χ0) is 25.5. The lowest BCUT2D eigenvalue weighted by atomic mass is 9.93. The van der Waals surface area contributed by atoms with E-state index in [-0.39, 0.29) is 17.2 Å². The van der Waals surface area contributed by atoms with Crippen LogP contribution < -0.4 is 5.32 Å². The molecule has 0 spiro atoms. The van der Waals surface area contributed by atoms with Crippen LogP contribution in [0.4, 0.5) is 9.18 Å². The first-order valence-corrected chi connectivity index (χ1v) is 12.9. The zero-order valence-electron chi connectivity index (χ0n) is 20.7. The number of aromatic nitrogens is 1. The Labute approximate surface area is 214 Å². The SMILES string of the molecule is CC(C)(C)OC(=O)N[C@@]12CC[C@@H](C1)N(Cc1cccc(-c3ccc(C#N)c(F)c3)c1-c1ccns1)C2. The summed E-state index contributed by atoms with van der Waals surface area (Å²) >= 11 is 1.41. The summed E-state index contributed by atoms with van der Waals surface area (Å²) in [7, 11) is 0. The van der Waals surface area contributed by atoms with Gasteiger partial charge in [0.25, 0.3) is 0 Å². The highest BCUT2D eigenvalue weighted by molar-refractivity contribution is 7.09. The first-order valence-electron chi connectivity index (χ1n) is 12.1. The van der Waals surface area contributed by atoms with E-state index in [1.165, 1.54) is 23.7 Å². The summed E-state index contributed by atoms with van der Waals surface area (Å²) in [4.78, 5) is 16.0. The molecule has 2 atom stereocenters. The van der Waals surface area contributed by atoms with E-state index in [4.69, 9.17) is 10.00 Å². The molecule has 3 aromatic rings. The van der Waals surface area contributed by atoms with E-state index in [2.05, 4.69) is 20.7 Å². The Morgan fingerprint density at radius 3 is 2.86 bits per heavy atom. The number of carbonyl (C=O) groups excluding carboxylic acids is 1. The van der Waals surface area contributed by atoms with E-state index in [0.717, 1.165) is 52.9 Å². The highest BCUT2D eigenvalue weighted by atomic mass is 32.1. The second kappa shape index (κ2) is 9.30. The first-order chi connectivity index (χ1) is 17.2. The van der Waals surface area contributed by atoms with Crippen LogP contribution in [0.5, 0.6) is 0 Å². The number of likely N-dealkylation sites (tertiary alicyclic amines) is 1. The van der Waals surface area contributed by atoms with Gasteiger partial charge in [0.1, 0.15) is 17.5 Å². The molecule has 1 N–H and O–H groups in total. The molecule has 36 heavy (non-hydrogen) atoms. The van der Waals surface area contributed by atoms with Gasteiger partial charge < -0.3 is 10.1 Å². The Balaban J connectivity index is 1.44. The number of benzene rings is 2. The van der Waals surface area contributed by atoms with Crippen molar-refractivity contribution in [1.29, 1.82) is 5.26 Å². The summed E-state index contributed by atoms with van der Waals surface area (Å²) in [6.07, 6.45) is 4.28. The summed E-state index contributed by atoms with van der Waals surface area (Å²) < 4.78 is 24.3. The fourth-order valence-electron chi connectivity index (χ4n) is 5.53. The molecule has 2 aromatic carbocycles. The number of amides is 1. The van der Waals surface area contributed by atoms with Crippen molar-refractivity contribution in [3.05, 3.63) is 65.6 Å². The van der Waals surface area contributed by atoms with Gasteiger partial charge in [0.2, 0.25) is 0 Å². The summed E-state index contributed by atoms with van der Waals surface area (Å²) in [6.45, 7) is 7.08. The van der Waals surface area contributed by atoms with Crippen LogP contribution in [0.2, 0.25) is 0 Å². The maximum absolute atomic E-state index is 14.5. The lowest BCUT2D eigenvalue weighted by Crippen LogP contribution is -2.52. The van der Waals surface area contributed by atoms with E-state index in [0.29, 0.717) is 12.6 Å². The van der Waals surface area contributed by atoms with Crippen molar-refractivity contribution in [1.82, 2.24) is 14.6 Å². The number of halogens is 1. The molecular weight excluding hydrogens is 475 g/mol. The topological polar surface area (TPSA) is 78.2 Å². The van der Waals surface area contributed by atoms with Crippen LogP contribution in [0.3, 0.4) is 0 Å². The fraction of sp³-hybridized carbons (Fsp3) is 0.393. The van der Waals surface area contributed by atoms with E-state index >= 15 is 0 Å². The number of fused-ring (bicyclic) bond motifs is 2. The second-order valence-corrected chi connectivity index (χ2v) is 11.6. The highest BCUT2D eigenvalue weighted by Gasteiger charge is 2.50. The van der Waals surface area contributed by atoms with Crippen LogP contribution >= 0.6 is 11.5 Å². The van der Waals surface area contributed by atoms with Crippen LogP contribution in [-0.2, 0) is 11.3 Å². The van der Waals surface area contributed by atoms with Gasteiger partial charge in [-0.2, -0.15) is 5.26 Å². The normalized spacial score (nSPS) is 21.4. The average molecular weight is 505 g/mol. The van der Waals surface area contributed by atoms with Gasteiger partial charge >= 0.3 is 6.09 Å². The third-order valence-electron chi connectivity index (χ3n) is 6.98. The second-order valence-electron chi connectivity index (χ2n) is 10.7. The van der Waals surface area contributed by atoms with Gasteiger partial charge in [0, 0.05) is 30.9 Å². The monoisotopic (exact) mass is 504 g/mol. The molecule has 2 bridgehead atoms.